The maximum absolute atomic E-state index is 11.5. The van der Waals surface area contributed by atoms with Gasteiger partial charge in [-0.05, 0) is 18.0 Å². The van der Waals surface area contributed by atoms with Crippen LogP contribution in [0.1, 0.15) is 35.0 Å². The molecule has 0 fully saturated rings. The monoisotopic (exact) mass is 284 g/mol. The summed E-state index contributed by atoms with van der Waals surface area (Å²) in [5, 5.41) is 2.48. The van der Waals surface area contributed by atoms with Crippen molar-refractivity contribution in [2.75, 3.05) is 19.0 Å². The van der Waals surface area contributed by atoms with E-state index in [9.17, 15) is 9.59 Å². The number of esters is 1. The van der Waals surface area contributed by atoms with E-state index < -0.39 is 12.1 Å². The summed E-state index contributed by atoms with van der Waals surface area (Å²) >= 11 is 0.938. The highest BCUT2D eigenvalue weighted by Crippen LogP contribution is 2.25. The average Bonchev–Trinajstić information content (AvgIpc) is 2.80. The Morgan fingerprint density at radius 2 is 2.26 bits per heavy atom. The van der Waals surface area contributed by atoms with Gasteiger partial charge in [0.25, 0.3) is 0 Å². The Morgan fingerprint density at radius 3 is 2.84 bits per heavy atom. The normalized spacial score (nSPS) is 9.79. The Bertz CT molecular complexity index is 470. The first kappa shape index (κ1) is 15.2. The van der Waals surface area contributed by atoms with Gasteiger partial charge in [0.05, 0.1) is 13.7 Å². The lowest BCUT2D eigenvalue weighted by Gasteiger charge is -2.05. The Morgan fingerprint density at radius 1 is 1.53 bits per heavy atom. The van der Waals surface area contributed by atoms with Crippen LogP contribution in [0.3, 0.4) is 0 Å². The van der Waals surface area contributed by atoms with Crippen molar-refractivity contribution in [3.63, 3.8) is 0 Å². The number of amides is 1. The number of unbranched alkanes of at least 4 members (excludes halogenated alkanes) is 1. The lowest BCUT2D eigenvalue weighted by Crippen LogP contribution is -2.15. The molecular formula is C12H16N2O4S. The van der Waals surface area contributed by atoms with Gasteiger partial charge in [0.15, 0.2) is 5.82 Å². The molecule has 0 unspecified atom stereocenters. The van der Waals surface area contributed by atoms with Gasteiger partial charge in [0.2, 0.25) is 0 Å². The van der Waals surface area contributed by atoms with Crippen LogP contribution < -0.4 is 5.32 Å². The van der Waals surface area contributed by atoms with Crippen LogP contribution in [0.15, 0.2) is 6.58 Å². The fourth-order valence-corrected chi connectivity index (χ4v) is 2.02. The molecule has 1 rings (SSSR count). The van der Waals surface area contributed by atoms with Gasteiger partial charge in [-0.15, -0.1) is 0 Å². The predicted octanol–water partition coefficient (Wildman–Crippen LogP) is 2.92. The molecule has 0 saturated heterocycles. The number of nitrogens with one attached hydrogen (secondary N) is 1. The molecule has 1 heterocycles. The van der Waals surface area contributed by atoms with E-state index in [0.29, 0.717) is 17.0 Å². The number of hydrogen-bond donors (Lipinski definition) is 1. The summed E-state index contributed by atoms with van der Waals surface area (Å²) in [6.45, 7) is 5.94. The van der Waals surface area contributed by atoms with Gasteiger partial charge in [-0.1, -0.05) is 26.0 Å². The van der Waals surface area contributed by atoms with Gasteiger partial charge in [0.1, 0.15) is 4.88 Å². The molecule has 0 bridgehead atoms. The van der Waals surface area contributed by atoms with E-state index in [1.54, 1.807) is 0 Å². The number of nitrogens with zero attached hydrogens (tertiary/aromatic N) is 1. The number of ether oxygens (including phenoxy) is 2. The van der Waals surface area contributed by atoms with Crippen molar-refractivity contribution in [2.24, 2.45) is 0 Å². The van der Waals surface area contributed by atoms with Gasteiger partial charge in [-0.25, -0.2) is 9.59 Å². The van der Waals surface area contributed by atoms with Crippen molar-refractivity contribution >= 4 is 35.5 Å². The topological polar surface area (TPSA) is 77.5 Å². The van der Waals surface area contributed by atoms with E-state index in [2.05, 4.69) is 21.0 Å². The Kier molecular flexibility index (Phi) is 6.01. The molecule has 1 aromatic heterocycles. The molecule has 0 aliphatic heterocycles. The number of aromatic nitrogens is 1. The summed E-state index contributed by atoms with van der Waals surface area (Å²) in [5.41, 5.74) is 0.435. The molecule has 104 valence electrons. The molecule has 0 atom stereocenters. The zero-order chi connectivity index (χ0) is 14.3. The van der Waals surface area contributed by atoms with Gasteiger partial charge in [-0.2, -0.15) is 4.37 Å². The summed E-state index contributed by atoms with van der Waals surface area (Å²) in [7, 11) is 1.28. The van der Waals surface area contributed by atoms with E-state index in [4.69, 9.17) is 4.74 Å². The van der Waals surface area contributed by atoms with Crippen LogP contribution in [0, 0.1) is 0 Å². The third kappa shape index (κ3) is 4.06. The SMILES string of the molecule is C=Cc1c(NC(=O)OCCCC)nsc1C(=O)OC. The fraction of sp³-hybridized carbons (Fsp3) is 0.417. The third-order valence-corrected chi connectivity index (χ3v) is 3.10. The van der Waals surface area contributed by atoms with Gasteiger partial charge in [-0.3, -0.25) is 5.32 Å². The zero-order valence-corrected chi connectivity index (χ0v) is 11.7. The van der Waals surface area contributed by atoms with Gasteiger partial charge >= 0.3 is 12.1 Å². The third-order valence-electron chi connectivity index (χ3n) is 2.25. The molecule has 7 heteroatoms. The maximum Gasteiger partial charge on any atom is 0.412 e. The minimum Gasteiger partial charge on any atom is -0.465 e. The first-order chi connectivity index (χ1) is 9.13. The standard InChI is InChI=1S/C12H16N2O4S/c1-4-6-7-18-12(16)13-10-8(5-2)9(19-14-10)11(15)17-3/h5H,2,4,6-7H2,1,3H3,(H,13,14,16). The summed E-state index contributed by atoms with van der Waals surface area (Å²) in [4.78, 5) is 23.2. The summed E-state index contributed by atoms with van der Waals surface area (Å²) in [6.07, 6.45) is 2.58. The molecule has 0 aliphatic rings. The van der Waals surface area contributed by atoms with Crippen molar-refractivity contribution in [3.8, 4) is 0 Å². The minimum atomic E-state index is -0.599. The quantitative estimate of drug-likeness (QED) is 0.642. The van der Waals surface area contributed by atoms with Gasteiger partial charge in [0, 0.05) is 5.56 Å². The van der Waals surface area contributed by atoms with E-state index in [1.165, 1.54) is 13.2 Å². The molecule has 1 N–H and O–H groups in total. The highest BCUT2D eigenvalue weighted by Gasteiger charge is 2.19. The predicted molar refractivity (Wildman–Crippen MR) is 73.4 cm³/mol. The van der Waals surface area contributed by atoms with Crippen molar-refractivity contribution in [1.29, 1.82) is 0 Å². The second-order valence-corrected chi connectivity index (χ2v) is 4.36. The summed E-state index contributed by atoms with van der Waals surface area (Å²) < 4.78 is 13.5. The van der Waals surface area contributed by atoms with E-state index in [-0.39, 0.29) is 5.82 Å². The zero-order valence-electron chi connectivity index (χ0n) is 10.9. The molecule has 1 aromatic rings. The lowest BCUT2D eigenvalue weighted by molar-refractivity contribution is 0.0606. The molecule has 0 aromatic carbocycles. The van der Waals surface area contributed by atoms with Crippen LogP contribution >= 0.6 is 11.5 Å². The number of hydrogen-bond acceptors (Lipinski definition) is 6. The fourth-order valence-electron chi connectivity index (χ4n) is 1.26. The van der Waals surface area contributed by atoms with Crippen molar-refractivity contribution < 1.29 is 19.1 Å². The summed E-state index contributed by atoms with van der Waals surface area (Å²) in [6, 6.07) is 0. The summed E-state index contributed by atoms with van der Waals surface area (Å²) in [5.74, 6) is -0.262. The number of carbonyl (C=O) groups excluding carboxylic acids is 2. The highest BCUT2D eigenvalue weighted by molar-refractivity contribution is 7.08. The van der Waals surface area contributed by atoms with E-state index >= 15 is 0 Å². The van der Waals surface area contributed by atoms with Crippen LogP contribution in [0.5, 0.6) is 0 Å². The smallest absolute Gasteiger partial charge is 0.412 e. The maximum atomic E-state index is 11.5. The minimum absolute atomic E-state index is 0.252. The van der Waals surface area contributed by atoms with Crippen molar-refractivity contribution in [1.82, 2.24) is 4.37 Å². The largest absolute Gasteiger partial charge is 0.465 e. The van der Waals surface area contributed by atoms with Crippen molar-refractivity contribution in [3.05, 3.63) is 17.0 Å². The van der Waals surface area contributed by atoms with E-state index in [1.807, 2.05) is 6.92 Å². The number of carbonyl (C=O) groups is 2. The van der Waals surface area contributed by atoms with Crippen LogP contribution in [0.25, 0.3) is 6.08 Å². The van der Waals surface area contributed by atoms with E-state index in [0.717, 1.165) is 24.4 Å². The lowest BCUT2D eigenvalue weighted by atomic mass is 10.2. The number of anilines is 1. The first-order valence-electron chi connectivity index (χ1n) is 5.78. The molecule has 19 heavy (non-hydrogen) atoms. The Hall–Kier alpha value is -1.89. The Labute approximate surface area is 115 Å². The van der Waals surface area contributed by atoms with Gasteiger partial charge < -0.3 is 9.47 Å². The molecule has 6 nitrogen and oxygen atoms in total. The molecule has 1 amide bonds. The second kappa shape index (κ2) is 7.52. The van der Waals surface area contributed by atoms with Crippen molar-refractivity contribution in [2.45, 2.75) is 19.8 Å². The molecule has 0 aliphatic carbocycles. The second-order valence-electron chi connectivity index (χ2n) is 3.58. The average molecular weight is 284 g/mol. The first-order valence-corrected chi connectivity index (χ1v) is 6.55. The molecule has 0 radical (unpaired) electrons. The molecule has 0 spiro atoms. The van der Waals surface area contributed by atoms with Crippen LogP contribution in [0.2, 0.25) is 0 Å². The Balaban J connectivity index is 2.73. The molecule has 0 saturated carbocycles. The van der Waals surface area contributed by atoms with Crippen LogP contribution in [0.4, 0.5) is 10.6 Å². The van der Waals surface area contributed by atoms with Crippen LogP contribution in [-0.4, -0.2) is 30.2 Å². The molecular weight excluding hydrogens is 268 g/mol. The number of rotatable bonds is 6. The highest BCUT2D eigenvalue weighted by atomic mass is 32.1. The van der Waals surface area contributed by atoms with Crippen LogP contribution in [-0.2, 0) is 9.47 Å². The number of methoxy groups -OCH3 is 1.